The summed E-state index contributed by atoms with van der Waals surface area (Å²) in [6.07, 6.45) is 39.8. The highest BCUT2D eigenvalue weighted by Crippen LogP contribution is 2.43. The topological polar surface area (TPSA) is 142 Å². The maximum absolute atomic E-state index is 12.8. The Morgan fingerprint density at radius 3 is 1.78 bits per heavy atom. The Morgan fingerprint density at radius 2 is 1.20 bits per heavy atom. The lowest BCUT2D eigenvalue weighted by Crippen LogP contribution is -2.37. The van der Waals surface area contributed by atoms with Crippen LogP contribution in [0.3, 0.4) is 0 Å². The molecule has 366 valence electrons. The monoisotopic (exact) mass is 919 g/mol. The highest BCUT2D eigenvalue weighted by Gasteiger charge is 2.27. The Morgan fingerprint density at radius 1 is 0.672 bits per heavy atom. The smallest absolute Gasteiger partial charge is 0.466 e. The maximum atomic E-state index is 12.8. The molecule has 0 saturated heterocycles. The fraction of sp³-hybridized carbons (Fsp3) is 0.692. The molecule has 0 radical (unpaired) electrons. The van der Waals surface area contributed by atoms with E-state index in [0.29, 0.717) is 30.3 Å². The summed E-state index contributed by atoms with van der Waals surface area (Å²) in [4.78, 5) is 35.6. The molecule has 0 bridgehead atoms. The van der Waals surface area contributed by atoms with E-state index in [2.05, 4.69) is 64.2 Å². The van der Waals surface area contributed by atoms with Gasteiger partial charge in [0.2, 0.25) is 0 Å². The van der Waals surface area contributed by atoms with E-state index in [1.54, 1.807) is 12.2 Å². The largest absolute Gasteiger partial charge is 0.472 e. The van der Waals surface area contributed by atoms with Crippen molar-refractivity contribution in [2.75, 3.05) is 47.5 Å². The first kappa shape index (κ1) is 59.0. The average molecular weight is 919 g/mol. The molecule has 1 aromatic heterocycles. The van der Waals surface area contributed by atoms with Crippen molar-refractivity contribution in [3.8, 4) is 0 Å². The SMILES string of the molecule is CC/C=C\C/C=C\C/C=C\C/C=C\C=C\C(O)CCCC(=O)OC[C@H](COP(=O)(O)OCC[N+](C)(C)C)OC(=O)CCCCCCCCCCCCc1oc(CCCCC)c(C)c1C. The fourth-order valence-corrected chi connectivity index (χ4v) is 7.49. The first-order chi connectivity index (χ1) is 30.7. The molecule has 3 atom stereocenters. The molecule has 0 amide bonds. The summed E-state index contributed by atoms with van der Waals surface area (Å²) in [5, 5.41) is 10.3. The van der Waals surface area contributed by atoms with Gasteiger partial charge in [-0.05, 0) is 82.8 Å². The molecule has 1 heterocycles. The van der Waals surface area contributed by atoms with Crippen LogP contribution in [0.2, 0.25) is 0 Å². The molecular formula is C52H89NO10P+. The van der Waals surface area contributed by atoms with Crippen LogP contribution in [0.5, 0.6) is 0 Å². The summed E-state index contributed by atoms with van der Waals surface area (Å²) in [5.41, 5.74) is 2.67. The van der Waals surface area contributed by atoms with E-state index in [-0.39, 0.29) is 26.1 Å². The zero-order chi connectivity index (χ0) is 47.3. The molecule has 0 aromatic carbocycles. The summed E-state index contributed by atoms with van der Waals surface area (Å²) in [7, 11) is 1.35. The molecule has 0 aliphatic carbocycles. The number of phosphoric acid groups is 1. The van der Waals surface area contributed by atoms with Crippen LogP contribution < -0.4 is 0 Å². The summed E-state index contributed by atoms with van der Waals surface area (Å²) < 4.78 is 40.5. The van der Waals surface area contributed by atoms with E-state index >= 15 is 0 Å². The Kier molecular flexibility index (Phi) is 34.2. The van der Waals surface area contributed by atoms with Gasteiger partial charge >= 0.3 is 19.8 Å². The van der Waals surface area contributed by atoms with E-state index in [1.807, 2.05) is 33.3 Å². The van der Waals surface area contributed by atoms with Crippen molar-refractivity contribution < 1.29 is 51.6 Å². The number of ether oxygens (including phenoxy) is 2. The second-order valence-corrected chi connectivity index (χ2v) is 19.4. The van der Waals surface area contributed by atoms with E-state index in [0.717, 1.165) is 64.2 Å². The van der Waals surface area contributed by atoms with Gasteiger partial charge in [0.05, 0.1) is 33.9 Å². The second kappa shape index (κ2) is 37.1. The summed E-state index contributed by atoms with van der Waals surface area (Å²) in [5.74, 6) is 1.34. The van der Waals surface area contributed by atoms with E-state index in [1.165, 1.54) is 74.0 Å². The highest BCUT2D eigenvalue weighted by molar-refractivity contribution is 7.47. The lowest BCUT2D eigenvalue weighted by Gasteiger charge is -2.24. The van der Waals surface area contributed by atoms with Gasteiger partial charge in [-0.1, -0.05) is 139 Å². The molecule has 0 aliphatic rings. The molecule has 0 spiro atoms. The molecule has 0 aliphatic heterocycles. The predicted molar refractivity (Wildman–Crippen MR) is 261 cm³/mol. The zero-order valence-electron chi connectivity index (χ0n) is 41.1. The third-order valence-corrected chi connectivity index (χ3v) is 11.9. The third-order valence-electron chi connectivity index (χ3n) is 10.9. The van der Waals surface area contributed by atoms with Crippen LogP contribution in [0.25, 0.3) is 0 Å². The minimum absolute atomic E-state index is 0.00674. The number of aliphatic hydroxyl groups is 1. The van der Waals surface area contributed by atoms with Crippen LogP contribution in [0.4, 0.5) is 0 Å². The number of quaternary nitrogens is 1. The lowest BCUT2D eigenvalue weighted by atomic mass is 10.0. The molecule has 11 nitrogen and oxygen atoms in total. The molecular weight excluding hydrogens is 830 g/mol. The van der Waals surface area contributed by atoms with Gasteiger partial charge in [-0.25, -0.2) is 4.57 Å². The number of aryl methyl sites for hydroxylation is 2. The Balaban J connectivity index is 2.39. The Bertz CT molecular complexity index is 1570. The van der Waals surface area contributed by atoms with Crippen molar-refractivity contribution >= 4 is 19.8 Å². The number of allylic oxidation sites excluding steroid dienone is 9. The zero-order valence-corrected chi connectivity index (χ0v) is 42.0. The number of nitrogens with zero attached hydrogens (tertiary/aromatic N) is 1. The lowest BCUT2D eigenvalue weighted by molar-refractivity contribution is -0.870. The number of rotatable bonds is 40. The van der Waals surface area contributed by atoms with Crippen molar-refractivity contribution in [3.05, 3.63) is 83.4 Å². The minimum Gasteiger partial charge on any atom is -0.466 e. The van der Waals surface area contributed by atoms with Gasteiger partial charge in [-0.2, -0.15) is 0 Å². The number of phosphoric ester groups is 1. The van der Waals surface area contributed by atoms with Crippen LogP contribution in [-0.4, -0.2) is 86.1 Å². The molecule has 0 fully saturated rings. The van der Waals surface area contributed by atoms with Crippen LogP contribution in [0.1, 0.15) is 171 Å². The number of aliphatic hydroxyl groups excluding tert-OH is 1. The number of hydrogen-bond acceptors (Lipinski definition) is 9. The van der Waals surface area contributed by atoms with Crippen molar-refractivity contribution in [3.63, 3.8) is 0 Å². The fourth-order valence-electron chi connectivity index (χ4n) is 6.75. The number of hydrogen-bond donors (Lipinski definition) is 2. The number of carbonyl (C=O) groups excluding carboxylic acids is 2. The minimum atomic E-state index is -4.44. The van der Waals surface area contributed by atoms with Crippen molar-refractivity contribution in [2.24, 2.45) is 0 Å². The first-order valence-corrected chi connectivity index (χ1v) is 26.0. The van der Waals surface area contributed by atoms with Crippen LogP contribution in [-0.2, 0) is 45.5 Å². The van der Waals surface area contributed by atoms with Gasteiger partial charge in [-0.15, -0.1) is 0 Å². The molecule has 12 heteroatoms. The number of furan rings is 1. The van der Waals surface area contributed by atoms with Gasteiger partial charge in [-0.3, -0.25) is 18.6 Å². The molecule has 1 aromatic rings. The summed E-state index contributed by atoms with van der Waals surface area (Å²) >= 11 is 0. The molecule has 2 unspecified atom stereocenters. The molecule has 2 N–H and O–H groups in total. The van der Waals surface area contributed by atoms with E-state index in [4.69, 9.17) is 22.9 Å². The predicted octanol–water partition coefficient (Wildman–Crippen LogP) is 12.7. The molecule has 64 heavy (non-hydrogen) atoms. The summed E-state index contributed by atoms with van der Waals surface area (Å²) in [6, 6.07) is 0. The average Bonchev–Trinajstić information content (AvgIpc) is 3.51. The van der Waals surface area contributed by atoms with E-state index in [9.17, 15) is 24.2 Å². The summed E-state index contributed by atoms with van der Waals surface area (Å²) in [6.45, 7) is 8.41. The standard InChI is InChI=1S/C52H88NO10P/c1-8-10-12-13-14-15-16-17-18-21-24-27-31-35-47(54)36-34-40-51(55)59-43-48(44-61-64(57,58)60-42-41-53(5,6)7)62-52(56)39-33-29-26-23-20-19-22-25-28-32-38-50-46(4)45(3)49(63-50)37-30-11-9-2/h10,12,14-15,17-18,24,27,31,35,47-48,54H,8-9,11,13,16,19-23,25-26,28-30,32-34,36-44H2,1-7H3/p+1/b12-10-,15-14-,18-17-,27-24-,35-31+/t47?,48-/m1/s1. The maximum Gasteiger partial charge on any atom is 0.472 e. The normalized spacial score (nSPS) is 14.5. The van der Waals surface area contributed by atoms with Crippen LogP contribution >= 0.6 is 7.82 Å². The highest BCUT2D eigenvalue weighted by atomic mass is 31.2. The third kappa shape index (κ3) is 33.4. The number of unbranched alkanes of at least 4 members (excludes halogenated alkanes) is 11. The van der Waals surface area contributed by atoms with Crippen LogP contribution in [0, 0.1) is 13.8 Å². The Hall–Kier alpha value is -3.05. The number of carbonyl (C=O) groups is 2. The second-order valence-electron chi connectivity index (χ2n) is 17.9. The number of esters is 2. The first-order valence-electron chi connectivity index (χ1n) is 24.5. The number of likely N-dealkylation sites (N-methyl/N-ethyl adjacent to an activating group) is 1. The Labute approximate surface area is 388 Å². The van der Waals surface area contributed by atoms with Gasteiger partial charge in [0.15, 0.2) is 6.10 Å². The van der Waals surface area contributed by atoms with Crippen molar-refractivity contribution in [2.45, 2.75) is 188 Å². The molecule has 1 rings (SSSR count). The van der Waals surface area contributed by atoms with Gasteiger partial charge in [0.25, 0.3) is 0 Å². The van der Waals surface area contributed by atoms with Gasteiger partial charge in [0.1, 0.15) is 31.3 Å². The van der Waals surface area contributed by atoms with E-state index < -0.39 is 38.6 Å². The van der Waals surface area contributed by atoms with Crippen molar-refractivity contribution in [1.29, 1.82) is 0 Å². The van der Waals surface area contributed by atoms with Crippen molar-refractivity contribution in [1.82, 2.24) is 0 Å². The quantitative estimate of drug-likeness (QED) is 0.0163. The van der Waals surface area contributed by atoms with Crippen LogP contribution in [0.15, 0.2) is 65.2 Å². The molecule has 0 saturated carbocycles. The van der Waals surface area contributed by atoms with Gasteiger partial charge in [0, 0.05) is 25.7 Å². The van der Waals surface area contributed by atoms with Gasteiger partial charge < -0.3 is 28.4 Å².